The number of nitrogen functional groups attached to an aromatic ring is 1. The van der Waals surface area contributed by atoms with Gasteiger partial charge in [0.2, 0.25) is 0 Å². The Kier molecular flexibility index (Phi) is 3.25. The van der Waals surface area contributed by atoms with Gasteiger partial charge in [0.05, 0.1) is 5.52 Å². The molecule has 0 atom stereocenters. The number of benzene rings is 2. The van der Waals surface area contributed by atoms with E-state index < -0.39 is 0 Å². The molecule has 1 heterocycles. The predicted octanol–water partition coefficient (Wildman–Crippen LogP) is 3.74. The van der Waals surface area contributed by atoms with Crippen LogP contribution in [0, 0.1) is 6.92 Å². The van der Waals surface area contributed by atoms with Crippen LogP contribution >= 0.6 is 0 Å². The Bertz CT molecular complexity index is 745. The summed E-state index contributed by atoms with van der Waals surface area (Å²) in [7, 11) is 0. The lowest BCUT2D eigenvalue weighted by atomic mass is 10.1. The molecule has 3 rings (SSSR count). The van der Waals surface area contributed by atoms with E-state index in [0.29, 0.717) is 0 Å². The molecule has 0 saturated carbocycles. The van der Waals surface area contributed by atoms with Crippen LogP contribution in [0.4, 0.5) is 11.4 Å². The third-order valence-electron chi connectivity index (χ3n) is 3.44. The number of hydrogen-bond acceptors (Lipinski definition) is 3. The highest BCUT2D eigenvalue weighted by atomic mass is 14.9. The molecular formula is C17H17N3. The van der Waals surface area contributed by atoms with Crippen molar-refractivity contribution in [3.05, 3.63) is 65.9 Å². The molecule has 0 aliphatic heterocycles. The number of hydrogen-bond donors (Lipinski definition) is 2. The van der Waals surface area contributed by atoms with Gasteiger partial charge in [-0.15, -0.1) is 0 Å². The van der Waals surface area contributed by atoms with Gasteiger partial charge in [0, 0.05) is 29.5 Å². The number of nitrogens with two attached hydrogens (primary N) is 1. The minimum Gasteiger partial charge on any atom is -0.399 e. The van der Waals surface area contributed by atoms with E-state index in [1.807, 2.05) is 30.5 Å². The Hall–Kier alpha value is -2.55. The fourth-order valence-corrected chi connectivity index (χ4v) is 2.39. The molecule has 3 aromatic rings. The summed E-state index contributed by atoms with van der Waals surface area (Å²) < 4.78 is 0. The first-order valence-electron chi connectivity index (χ1n) is 6.66. The average molecular weight is 263 g/mol. The van der Waals surface area contributed by atoms with E-state index in [4.69, 9.17) is 5.73 Å². The van der Waals surface area contributed by atoms with E-state index in [1.54, 1.807) is 0 Å². The van der Waals surface area contributed by atoms with Gasteiger partial charge in [-0.2, -0.15) is 0 Å². The molecule has 0 aliphatic rings. The third-order valence-corrected chi connectivity index (χ3v) is 3.44. The quantitative estimate of drug-likeness (QED) is 0.708. The highest BCUT2D eigenvalue weighted by Crippen LogP contribution is 2.21. The van der Waals surface area contributed by atoms with Crippen molar-refractivity contribution < 1.29 is 0 Å². The number of anilines is 2. The van der Waals surface area contributed by atoms with Gasteiger partial charge in [-0.25, -0.2) is 0 Å². The third kappa shape index (κ3) is 2.43. The molecule has 0 radical (unpaired) electrons. The van der Waals surface area contributed by atoms with Crippen LogP contribution in [0.3, 0.4) is 0 Å². The Morgan fingerprint density at radius 1 is 1.10 bits per heavy atom. The van der Waals surface area contributed by atoms with E-state index in [2.05, 4.69) is 41.5 Å². The maximum Gasteiger partial charge on any atom is 0.0751 e. The van der Waals surface area contributed by atoms with Crippen molar-refractivity contribution in [3.8, 4) is 0 Å². The normalized spacial score (nSPS) is 10.7. The molecule has 0 aliphatic carbocycles. The van der Waals surface area contributed by atoms with Crippen molar-refractivity contribution >= 4 is 22.3 Å². The number of para-hydroxylation sites is 1. The second kappa shape index (κ2) is 5.21. The van der Waals surface area contributed by atoms with Crippen molar-refractivity contribution in [2.75, 3.05) is 11.1 Å². The van der Waals surface area contributed by atoms with E-state index in [9.17, 15) is 0 Å². The molecule has 1 aromatic heterocycles. The number of aromatic nitrogens is 1. The first-order valence-corrected chi connectivity index (χ1v) is 6.66. The SMILES string of the molecule is Cc1cc(N)ccc1NCc1cccc2cccnc12. The van der Waals surface area contributed by atoms with Crippen molar-refractivity contribution in [1.29, 1.82) is 0 Å². The van der Waals surface area contributed by atoms with Gasteiger partial charge in [-0.05, 0) is 42.3 Å². The lowest BCUT2D eigenvalue weighted by molar-refractivity contribution is 1.14. The predicted molar refractivity (Wildman–Crippen MR) is 84.7 cm³/mol. The standard InChI is InChI=1S/C17H17N3/c1-12-10-15(18)7-8-16(12)20-11-14-5-2-4-13-6-3-9-19-17(13)14/h2-10,20H,11,18H2,1H3. The van der Waals surface area contributed by atoms with Crippen molar-refractivity contribution in [2.24, 2.45) is 0 Å². The molecule has 3 N–H and O–H groups in total. The molecule has 3 nitrogen and oxygen atoms in total. The van der Waals surface area contributed by atoms with E-state index in [1.165, 1.54) is 10.9 Å². The van der Waals surface area contributed by atoms with E-state index >= 15 is 0 Å². The summed E-state index contributed by atoms with van der Waals surface area (Å²) in [6, 6.07) is 16.2. The summed E-state index contributed by atoms with van der Waals surface area (Å²) in [5, 5.41) is 4.62. The molecule has 2 aromatic carbocycles. The van der Waals surface area contributed by atoms with Gasteiger partial charge >= 0.3 is 0 Å². The van der Waals surface area contributed by atoms with Gasteiger partial charge in [-0.1, -0.05) is 24.3 Å². The Morgan fingerprint density at radius 3 is 2.80 bits per heavy atom. The monoisotopic (exact) mass is 263 g/mol. The number of aryl methyl sites for hydroxylation is 1. The Labute approximate surface area is 118 Å². The Morgan fingerprint density at radius 2 is 1.95 bits per heavy atom. The molecule has 0 saturated heterocycles. The van der Waals surface area contributed by atoms with Crippen molar-refractivity contribution in [3.63, 3.8) is 0 Å². The number of nitrogens with zero attached hydrogens (tertiary/aromatic N) is 1. The molecule has 0 spiro atoms. The zero-order valence-corrected chi connectivity index (χ0v) is 11.4. The number of fused-ring (bicyclic) bond motifs is 1. The average Bonchev–Trinajstić information content (AvgIpc) is 2.46. The van der Waals surface area contributed by atoms with Crippen LogP contribution in [0.2, 0.25) is 0 Å². The fraction of sp³-hybridized carbons (Fsp3) is 0.118. The van der Waals surface area contributed by atoms with E-state index in [-0.39, 0.29) is 0 Å². The zero-order chi connectivity index (χ0) is 13.9. The summed E-state index contributed by atoms with van der Waals surface area (Å²) >= 11 is 0. The maximum atomic E-state index is 5.77. The molecular weight excluding hydrogens is 246 g/mol. The molecule has 20 heavy (non-hydrogen) atoms. The lowest BCUT2D eigenvalue weighted by Gasteiger charge is -2.11. The highest BCUT2D eigenvalue weighted by molar-refractivity contribution is 5.81. The molecule has 0 amide bonds. The van der Waals surface area contributed by atoms with Gasteiger partial charge in [0.1, 0.15) is 0 Å². The van der Waals surface area contributed by atoms with Crippen LogP contribution in [0.5, 0.6) is 0 Å². The van der Waals surface area contributed by atoms with Crippen LogP contribution in [0.1, 0.15) is 11.1 Å². The van der Waals surface area contributed by atoms with Gasteiger partial charge in [-0.3, -0.25) is 4.98 Å². The highest BCUT2D eigenvalue weighted by Gasteiger charge is 2.03. The molecule has 0 unspecified atom stereocenters. The Balaban J connectivity index is 1.87. The largest absolute Gasteiger partial charge is 0.399 e. The second-order valence-electron chi connectivity index (χ2n) is 4.92. The van der Waals surface area contributed by atoms with Gasteiger partial charge in [0.15, 0.2) is 0 Å². The summed E-state index contributed by atoms with van der Waals surface area (Å²) in [6.07, 6.45) is 1.83. The molecule has 3 heteroatoms. The number of pyridine rings is 1. The van der Waals surface area contributed by atoms with Crippen molar-refractivity contribution in [2.45, 2.75) is 13.5 Å². The maximum absolute atomic E-state index is 5.77. The van der Waals surface area contributed by atoms with Crippen LogP contribution in [0.25, 0.3) is 10.9 Å². The van der Waals surface area contributed by atoms with Gasteiger partial charge < -0.3 is 11.1 Å². The zero-order valence-electron chi connectivity index (χ0n) is 11.4. The minimum absolute atomic E-state index is 0.749. The van der Waals surface area contributed by atoms with E-state index in [0.717, 1.165) is 29.0 Å². The molecule has 0 fully saturated rings. The lowest BCUT2D eigenvalue weighted by Crippen LogP contribution is -2.02. The first-order chi connectivity index (χ1) is 9.74. The van der Waals surface area contributed by atoms with Crippen LogP contribution in [-0.2, 0) is 6.54 Å². The number of rotatable bonds is 3. The van der Waals surface area contributed by atoms with Crippen molar-refractivity contribution in [1.82, 2.24) is 4.98 Å². The van der Waals surface area contributed by atoms with Crippen LogP contribution in [-0.4, -0.2) is 4.98 Å². The van der Waals surface area contributed by atoms with Gasteiger partial charge in [0.25, 0.3) is 0 Å². The summed E-state index contributed by atoms with van der Waals surface area (Å²) in [5.41, 5.74) is 11.1. The molecule has 100 valence electrons. The minimum atomic E-state index is 0.749. The smallest absolute Gasteiger partial charge is 0.0751 e. The second-order valence-corrected chi connectivity index (χ2v) is 4.92. The summed E-state index contributed by atoms with van der Waals surface area (Å²) in [5.74, 6) is 0. The molecule has 0 bridgehead atoms. The summed E-state index contributed by atoms with van der Waals surface area (Å²) in [4.78, 5) is 4.47. The summed E-state index contributed by atoms with van der Waals surface area (Å²) in [6.45, 7) is 2.80. The topological polar surface area (TPSA) is 50.9 Å². The first kappa shape index (κ1) is 12.5. The van der Waals surface area contributed by atoms with Crippen LogP contribution in [0.15, 0.2) is 54.7 Å². The van der Waals surface area contributed by atoms with Crippen LogP contribution < -0.4 is 11.1 Å². The fourth-order valence-electron chi connectivity index (χ4n) is 2.39. The number of nitrogens with one attached hydrogen (secondary N) is 1.